The average Bonchev–Trinajstić information content (AvgIpc) is 2.18. The summed E-state index contributed by atoms with van der Waals surface area (Å²) in [6.45, 7) is 8.69. The van der Waals surface area contributed by atoms with Gasteiger partial charge < -0.3 is 9.47 Å². The maximum atomic E-state index is 14.0. The van der Waals surface area contributed by atoms with Crippen molar-refractivity contribution in [3.63, 3.8) is 0 Å². The monoisotopic (exact) mass is 302 g/mol. The van der Waals surface area contributed by atoms with Crippen molar-refractivity contribution in [3.05, 3.63) is 0 Å². The summed E-state index contributed by atoms with van der Waals surface area (Å²) >= 11 is 0. The smallest absolute Gasteiger partial charge is 0.460 e. The predicted molar refractivity (Wildman–Crippen MR) is 65.7 cm³/mol. The minimum atomic E-state index is -5.49. The van der Waals surface area contributed by atoms with Crippen LogP contribution in [0.15, 0.2) is 0 Å². The summed E-state index contributed by atoms with van der Waals surface area (Å²) in [7, 11) is 0. The predicted octanol–water partition coefficient (Wildman–Crippen LogP) is 3.87. The lowest BCUT2D eigenvalue weighted by Gasteiger charge is -2.30. The van der Waals surface area contributed by atoms with E-state index in [4.69, 9.17) is 0 Å². The first-order valence-corrected chi connectivity index (χ1v) is 6.15. The van der Waals surface area contributed by atoms with Crippen molar-refractivity contribution in [3.8, 4) is 0 Å². The van der Waals surface area contributed by atoms with E-state index in [1.54, 1.807) is 41.5 Å². The summed E-state index contributed by atoms with van der Waals surface area (Å²) in [4.78, 5) is 11.4. The van der Waals surface area contributed by atoms with Gasteiger partial charge in [-0.05, 0) is 10.8 Å². The molecule has 0 radical (unpaired) electrons. The molecule has 0 N–H and O–H groups in total. The van der Waals surface area contributed by atoms with Crippen LogP contribution in [0.2, 0.25) is 0 Å². The van der Waals surface area contributed by atoms with Crippen molar-refractivity contribution in [2.75, 3.05) is 13.2 Å². The second kappa shape index (κ2) is 5.87. The normalized spacial score (nSPS) is 16.7. The first-order chi connectivity index (χ1) is 8.58. The zero-order valence-corrected chi connectivity index (χ0v) is 12.7. The van der Waals surface area contributed by atoms with E-state index in [-0.39, 0.29) is 6.61 Å². The Kier molecular flexibility index (Phi) is 5.62. The molecule has 20 heavy (non-hydrogen) atoms. The van der Waals surface area contributed by atoms with Gasteiger partial charge in [-0.25, -0.2) is 4.79 Å². The van der Waals surface area contributed by atoms with Crippen LogP contribution in [0.25, 0.3) is 0 Å². The summed E-state index contributed by atoms with van der Waals surface area (Å²) < 4.78 is 60.8. The fourth-order valence-corrected chi connectivity index (χ4v) is 0.947. The van der Waals surface area contributed by atoms with Crippen molar-refractivity contribution in [2.45, 2.75) is 53.6 Å². The summed E-state index contributed by atoms with van der Waals surface area (Å²) in [5.41, 5.74) is -1.31. The number of alkyl halides is 4. The largest absolute Gasteiger partial charge is 0.461 e. The van der Waals surface area contributed by atoms with Crippen molar-refractivity contribution in [2.24, 2.45) is 10.8 Å². The molecule has 1 unspecified atom stereocenters. The third kappa shape index (κ3) is 6.07. The maximum Gasteiger partial charge on any atom is 0.460 e. The molecule has 0 rings (SSSR count). The molecule has 0 heterocycles. The Balaban J connectivity index is 5.01. The highest BCUT2D eigenvalue weighted by molar-refractivity contribution is 5.78. The van der Waals surface area contributed by atoms with Gasteiger partial charge in [-0.1, -0.05) is 41.5 Å². The van der Waals surface area contributed by atoms with E-state index in [2.05, 4.69) is 9.47 Å². The number of hydrogen-bond donors (Lipinski definition) is 0. The first kappa shape index (κ1) is 19.1. The number of halogens is 4. The lowest BCUT2D eigenvalue weighted by molar-refractivity contribution is -0.328. The van der Waals surface area contributed by atoms with Gasteiger partial charge in [-0.15, -0.1) is 0 Å². The second-order valence-corrected chi connectivity index (χ2v) is 7.08. The van der Waals surface area contributed by atoms with E-state index in [0.29, 0.717) is 0 Å². The molecule has 120 valence electrons. The van der Waals surface area contributed by atoms with Crippen LogP contribution < -0.4 is 0 Å². The van der Waals surface area contributed by atoms with E-state index in [0.717, 1.165) is 0 Å². The van der Waals surface area contributed by atoms with Crippen molar-refractivity contribution >= 4 is 5.97 Å². The highest BCUT2D eigenvalue weighted by Crippen LogP contribution is 2.38. The van der Waals surface area contributed by atoms with Gasteiger partial charge in [0.15, 0.2) is 0 Å². The van der Waals surface area contributed by atoms with Crippen LogP contribution in [0.4, 0.5) is 17.6 Å². The molecule has 0 saturated heterocycles. The maximum absolute atomic E-state index is 14.0. The van der Waals surface area contributed by atoms with Crippen LogP contribution in [0, 0.1) is 10.8 Å². The minimum absolute atomic E-state index is 0.341. The summed E-state index contributed by atoms with van der Waals surface area (Å²) in [5, 5.41) is 0. The zero-order valence-electron chi connectivity index (χ0n) is 12.7. The highest BCUT2D eigenvalue weighted by Gasteiger charge is 2.65. The highest BCUT2D eigenvalue weighted by atomic mass is 19.4. The fraction of sp³-hybridized carbons (Fsp3) is 0.923. The Bertz CT molecular complexity index is 339. The van der Waals surface area contributed by atoms with Crippen LogP contribution in [-0.2, 0) is 14.3 Å². The minimum Gasteiger partial charge on any atom is -0.461 e. The summed E-state index contributed by atoms with van der Waals surface area (Å²) in [5.74, 6) is -6.50. The van der Waals surface area contributed by atoms with E-state index in [9.17, 15) is 22.4 Å². The average molecular weight is 302 g/mol. The Morgan fingerprint density at radius 1 is 0.850 bits per heavy atom. The van der Waals surface area contributed by atoms with Crippen LogP contribution in [0.5, 0.6) is 0 Å². The molecule has 0 saturated carbocycles. The van der Waals surface area contributed by atoms with E-state index < -0.39 is 35.4 Å². The Hall–Kier alpha value is -0.850. The number of carbonyl (C=O) groups is 1. The first-order valence-electron chi connectivity index (χ1n) is 6.15. The van der Waals surface area contributed by atoms with Crippen LogP contribution in [0.1, 0.15) is 41.5 Å². The topological polar surface area (TPSA) is 35.5 Å². The number of rotatable bonds is 4. The van der Waals surface area contributed by atoms with Gasteiger partial charge in [0, 0.05) is 0 Å². The van der Waals surface area contributed by atoms with Gasteiger partial charge in [0.25, 0.3) is 0 Å². The lowest BCUT2D eigenvalue weighted by atomic mass is 9.98. The van der Waals surface area contributed by atoms with Crippen LogP contribution in [-0.4, -0.2) is 31.2 Å². The second-order valence-electron chi connectivity index (χ2n) is 7.08. The molecule has 0 aromatic heterocycles. The SMILES string of the molecule is CC(C)(C)COC(=O)C(F)(OCC(C)(C)C)C(F)(F)F. The Morgan fingerprint density at radius 3 is 1.55 bits per heavy atom. The fourth-order valence-electron chi connectivity index (χ4n) is 0.947. The lowest BCUT2D eigenvalue weighted by Crippen LogP contribution is -2.52. The van der Waals surface area contributed by atoms with Gasteiger partial charge in [0.2, 0.25) is 0 Å². The molecule has 0 spiro atoms. The van der Waals surface area contributed by atoms with E-state index in [1.807, 2.05) is 0 Å². The molecule has 0 bridgehead atoms. The molecule has 1 atom stereocenters. The molecular weight excluding hydrogens is 280 g/mol. The summed E-state index contributed by atoms with van der Waals surface area (Å²) in [6, 6.07) is 0. The van der Waals surface area contributed by atoms with Gasteiger partial charge in [0.05, 0.1) is 13.2 Å². The molecule has 7 heteroatoms. The molecule has 0 aliphatic carbocycles. The molecule has 0 aliphatic rings. The van der Waals surface area contributed by atoms with Gasteiger partial charge in [-0.2, -0.15) is 17.6 Å². The zero-order chi connectivity index (χ0) is 16.4. The standard InChI is InChI=1S/C13H22F4O3/c1-10(2,3)7-19-9(18)12(14,13(15,16)17)20-8-11(4,5)6/h7-8H2,1-6H3. The Labute approximate surface area is 116 Å². The summed E-state index contributed by atoms with van der Waals surface area (Å²) in [6.07, 6.45) is -5.49. The van der Waals surface area contributed by atoms with E-state index >= 15 is 0 Å². The third-order valence-electron chi connectivity index (χ3n) is 1.97. The molecule has 3 nitrogen and oxygen atoms in total. The number of esters is 1. The van der Waals surface area contributed by atoms with Crippen LogP contribution >= 0.6 is 0 Å². The van der Waals surface area contributed by atoms with Gasteiger partial charge in [0.1, 0.15) is 0 Å². The quantitative estimate of drug-likeness (QED) is 0.584. The van der Waals surface area contributed by atoms with Crippen molar-refractivity contribution in [1.82, 2.24) is 0 Å². The van der Waals surface area contributed by atoms with Gasteiger partial charge >= 0.3 is 18.0 Å². The number of hydrogen-bond acceptors (Lipinski definition) is 3. The van der Waals surface area contributed by atoms with E-state index in [1.165, 1.54) is 0 Å². The molecule has 0 aromatic carbocycles. The van der Waals surface area contributed by atoms with Gasteiger partial charge in [-0.3, -0.25) is 0 Å². The number of carbonyl (C=O) groups excluding carboxylic acids is 1. The van der Waals surface area contributed by atoms with Crippen molar-refractivity contribution < 1.29 is 31.8 Å². The van der Waals surface area contributed by atoms with Crippen molar-refractivity contribution in [1.29, 1.82) is 0 Å². The molecule has 0 amide bonds. The number of ether oxygens (including phenoxy) is 2. The molecule has 0 fully saturated rings. The van der Waals surface area contributed by atoms with Crippen LogP contribution in [0.3, 0.4) is 0 Å². The Morgan fingerprint density at radius 2 is 1.25 bits per heavy atom. The molecule has 0 aliphatic heterocycles. The molecule has 0 aromatic rings. The third-order valence-corrected chi connectivity index (χ3v) is 1.97. The molecular formula is C13H22F4O3.